The summed E-state index contributed by atoms with van der Waals surface area (Å²) in [5.74, 6) is 0.601. The smallest absolute Gasteiger partial charge is 0.271 e. The summed E-state index contributed by atoms with van der Waals surface area (Å²) in [6.45, 7) is 0. The van der Waals surface area contributed by atoms with E-state index in [2.05, 4.69) is 15.3 Å². The van der Waals surface area contributed by atoms with Gasteiger partial charge in [-0.15, -0.1) is 11.3 Å². The van der Waals surface area contributed by atoms with Gasteiger partial charge in [-0.2, -0.15) is 0 Å². The van der Waals surface area contributed by atoms with Crippen LogP contribution in [-0.2, 0) is 0 Å². The Morgan fingerprint density at radius 1 is 1.08 bits per heavy atom. The van der Waals surface area contributed by atoms with E-state index in [1.54, 1.807) is 17.4 Å². The number of benzene rings is 2. The number of fused-ring (bicyclic) bond motifs is 1. The van der Waals surface area contributed by atoms with Gasteiger partial charge in [0.1, 0.15) is 17.0 Å². The Hall–Kier alpha value is -3.03. The van der Waals surface area contributed by atoms with Crippen molar-refractivity contribution in [2.24, 2.45) is 0 Å². The number of nitrogens with zero attached hydrogens (tertiary/aromatic N) is 3. The summed E-state index contributed by atoms with van der Waals surface area (Å²) in [5, 5.41) is 15.1. The van der Waals surface area contributed by atoms with Crippen molar-refractivity contribution in [3.63, 3.8) is 0 Å². The van der Waals surface area contributed by atoms with Gasteiger partial charge >= 0.3 is 0 Å². The molecule has 1 N–H and O–H groups in total. The Kier molecular flexibility index (Phi) is 4.24. The van der Waals surface area contributed by atoms with Crippen LogP contribution in [0.4, 0.5) is 17.2 Å². The molecule has 0 radical (unpaired) electrons. The standard InChI is InChI=1S/C18H11ClN4O2S/c19-14-8-12(23(24)25)6-7-15(14)22-17-13-9-16(11-4-2-1-3-5-11)26-18(13)21-10-20-17/h1-10H,(H,20,21,22). The number of nitro benzene ring substituents is 1. The third-order valence-corrected chi connectivity index (χ3v) is 5.21. The van der Waals surface area contributed by atoms with Crippen LogP contribution in [0.3, 0.4) is 0 Å². The van der Waals surface area contributed by atoms with Crippen LogP contribution in [-0.4, -0.2) is 14.9 Å². The molecule has 0 aliphatic carbocycles. The van der Waals surface area contributed by atoms with Gasteiger partial charge in [0.25, 0.3) is 5.69 Å². The van der Waals surface area contributed by atoms with E-state index in [0.29, 0.717) is 11.5 Å². The zero-order chi connectivity index (χ0) is 18.1. The molecule has 0 fully saturated rings. The Balaban J connectivity index is 1.73. The SMILES string of the molecule is O=[N+]([O-])c1ccc(Nc2ncnc3sc(-c4ccccc4)cc23)c(Cl)c1. The van der Waals surface area contributed by atoms with Crippen LogP contribution < -0.4 is 5.32 Å². The average Bonchev–Trinajstić information content (AvgIpc) is 3.09. The largest absolute Gasteiger partial charge is 0.338 e. The summed E-state index contributed by atoms with van der Waals surface area (Å²) in [4.78, 5) is 20.9. The second-order valence-electron chi connectivity index (χ2n) is 5.46. The lowest BCUT2D eigenvalue weighted by molar-refractivity contribution is -0.384. The molecule has 4 rings (SSSR count). The van der Waals surface area contributed by atoms with Crippen molar-refractivity contribution in [3.05, 3.63) is 76.1 Å². The minimum atomic E-state index is -0.483. The summed E-state index contributed by atoms with van der Waals surface area (Å²) in [5.41, 5.74) is 1.59. The summed E-state index contributed by atoms with van der Waals surface area (Å²) in [7, 11) is 0. The lowest BCUT2D eigenvalue weighted by Gasteiger charge is -2.08. The Labute approximate surface area is 157 Å². The van der Waals surface area contributed by atoms with Crippen molar-refractivity contribution < 1.29 is 4.92 Å². The maximum Gasteiger partial charge on any atom is 0.271 e. The minimum Gasteiger partial charge on any atom is -0.338 e. The van der Waals surface area contributed by atoms with Crippen molar-refractivity contribution in [1.82, 2.24) is 9.97 Å². The molecular formula is C18H11ClN4O2S. The maximum absolute atomic E-state index is 10.8. The third kappa shape index (κ3) is 3.10. The lowest BCUT2D eigenvalue weighted by atomic mass is 10.2. The first kappa shape index (κ1) is 16.4. The average molecular weight is 383 g/mol. The molecule has 0 aliphatic rings. The van der Waals surface area contributed by atoms with Crippen LogP contribution >= 0.6 is 22.9 Å². The van der Waals surface area contributed by atoms with Crippen LogP contribution in [0.25, 0.3) is 20.7 Å². The van der Waals surface area contributed by atoms with E-state index in [4.69, 9.17) is 11.6 Å². The van der Waals surface area contributed by atoms with Crippen molar-refractivity contribution in [1.29, 1.82) is 0 Å². The van der Waals surface area contributed by atoms with Crippen LogP contribution in [0, 0.1) is 10.1 Å². The molecule has 0 spiro atoms. The van der Waals surface area contributed by atoms with Gasteiger partial charge in [0.2, 0.25) is 0 Å². The maximum atomic E-state index is 10.8. The van der Waals surface area contributed by atoms with Crippen molar-refractivity contribution >= 4 is 50.3 Å². The number of thiophene rings is 1. The summed E-state index contributed by atoms with van der Waals surface area (Å²) < 4.78 is 0. The molecule has 8 heteroatoms. The molecule has 0 unspecified atom stereocenters. The monoisotopic (exact) mass is 382 g/mol. The molecule has 6 nitrogen and oxygen atoms in total. The molecule has 0 amide bonds. The first-order valence-corrected chi connectivity index (χ1v) is 8.82. The number of halogens is 1. The van der Waals surface area contributed by atoms with Gasteiger partial charge in [0.05, 0.1) is 21.0 Å². The van der Waals surface area contributed by atoms with E-state index >= 15 is 0 Å². The second kappa shape index (κ2) is 6.70. The molecule has 2 aromatic heterocycles. The zero-order valence-electron chi connectivity index (χ0n) is 13.2. The predicted octanol–water partition coefficient (Wildman–Crippen LogP) is 5.66. The molecular weight excluding hydrogens is 372 g/mol. The topological polar surface area (TPSA) is 81.0 Å². The highest BCUT2D eigenvalue weighted by Crippen LogP contribution is 2.37. The van der Waals surface area contributed by atoms with E-state index in [-0.39, 0.29) is 10.7 Å². The third-order valence-electron chi connectivity index (χ3n) is 3.80. The number of aromatic nitrogens is 2. The molecule has 0 saturated heterocycles. The lowest BCUT2D eigenvalue weighted by Crippen LogP contribution is -1.96. The highest BCUT2D eigenvalue weighted by Gasteiger charge is 2.13. The van der Waals surface area contributed by atoms with Gasteiger partial charge in [0.15, 0.2) is 0 Å². The number of anilines is 2. The molecule has 0 aliphatic heterocycles. The van der Waals surface area contributed by atoms with Crippen molar-refractivity contribution in [3.8, 4) is 10.4 Å². The number of rotatable bonds is 4. The fraction of sp³-hybridized carbons (Fsp3) is 0. The fourth-order valence-electron chi connectivity index (χ4n) is 2.55. The van der Waals surface area contributed by atoms with Gasteiger partial charge in [-0.1, -0.05) is 41.9 Å². The van der Waals surface area contributed by atoms with E-state index in [0.717, 1.165) is 20.7 Å². The van der Waals surface area contributed by atoms with E-state index < -0.39 is 4.92 Å². The number of nitrogens with one attached hydrogen (secondary N) is 1. The summed E-state index contributed by atoms with van der Waals surface area (Å²) >= 11 is 7.74. The van der Waals surface area contributed by atoms with Gasteiger partial charge in [-0.25, -0.2) is 9.97 Å². The molecule has 0 saturated carbocycles. The molecule has 0 atom stereocenters. The summed E-state index contributed by atoms with van der Waals surface area (Å²) in [6, 6.07) is 16.3. The Morgan fingerprint density at radius 3 is 2.62 bits per heavy atom. The second-order valence-corrected chi connectivity index (χ2v) is 6.90. The zero-order valence-corrected chi connectivity index (χ0v) is 14.8. The van der Waals surface area contributed by atoms with E-state index in [1.807, 2.05) is 36.4 Å². The van der Waals surface area contributed by atoms with Gasteiger partial charge in [-0.05, 0) is 17.7 Å². The summed E-state index contributed by atoms with van der Waals surface area (Å²) in [6.07, 6.45) is 1.48. The van der Waals surface area contributed by atoms with Crippen LogP contribution in [0.15, 0.2) is 60.9 Å². The first-order chi connectivity index (χ1) is 12.6. The molecule has 2 heterocycles. The number of hydrogen-bond donors (Lipinski definition) is 1. The van der Waals surface area contributed by atoms with Crippen LogP contribution in [0.5, 0.6) is 0 Å². The van der Waals surface area contributed by atoms with Crippen LogP contribution in [0.2, 0.25) is 5.02 Å². The van der Waals surface area contributed by atoms with Gasteiger partial charge in [-0.3, -0.25) is 10.1 Å². The Bertz CT molecular complexity index is 1110. The number of non-ortho nitro benzene ring substituents is 1. The molecule has 128 valence electrons. The molecule has 0 bridgehead atoms. The number of hydrogen-bond acceptors (Lipinski definition) is 6. The van der Waals surface area contributed by atoms with Gasteiger partial charge < -0.3 is 5.32 Å². The normalized spacial score (nSPS) is 10.8. The fourth-order valence-corrected chi connectivity index (χ4v) is 3.77. The Morgan fingerprint density at radius 2 is 1.88 bits per heavy atom. The minimum absolute atomic E-state index is 0.0599. The van der Waals surface area contributed by atoms with E-state index in [9.17, 15) is 10.1 Å². The highest BCUT2D eigenvalue weighted by molar-refractivity contribution is 7.21. The number of nitro groups is 1. The molecule has 26 heavy (non-hydrogen) atoms. The van der Waals surface area contributed by atoms with Gasteiger partial charge in [0, 0.05) is 17.0 Å². The van der Waals surface area contributed by atoms with Crippen molar-refractivity contribution in [2.45, 2.75) is 0 Å². The quantitative estimate of drug-likeness (QED) is 0.363. The predicted molar refractivity (Wildman–Crippen MR) is 104 cm³/mol. The highest BCUT2D eigenvalue weighted by atomic mass is 35.5. The van der Waals surface area contributed by atoms with Crippen LogP contribution in [0.1, 0.15) is 0 Å². The van der Waals surface area contributed by atoms with E-state index in [1.165, 1.54) is 18.5 Å². The first-order valence-electron chi connectivity index (χ1n) is 7.63. The van der Waals surface area contributed by atoms with Crippen molar-refractivity contribution in [2.75, 3.05) is 5.32 Å². The molecule has 4 aromatic rings. The molecule has 2 aromatic carbocycles.